The number of benzene rings is 4. The first-order chi connectivity index (χ1) is 19.4. The van der Waals surface area contributed by atoms with Crippen LogP contribution in [0, 0.1) is 6.92 Å². The zero-order chi connectivity index (χ0) is 28.0. The summed E-state index contributed by atoms with van der Waals surface area (Å²) in [5, 5.41) is 0. The Bertz CT molecular complexity index is 1310. The zero-order valence-corrected chi connectivity index (χ0v) is 25.2. The second-order valence-corrected chi connectivity index (χ2v) is 12.9. The highest BCUT2D eigenvalue weighted by molar-refractivity contribution is 5.35. The molecule has 4 aromatic carbocycles. The van der Waals surface area contributed by atoms with Crippen LogP contribution in [-0.4, -0.2) is 0 Å². The standard InChI is InChI=1S/C21H26.C19H22.8CH4/c1-3-7-18-10-12-19(13-11-18)17(2)16-21(14-15-21)20-8-5-4-6-9-20;1-15-8-10-17(11-9-15)16(2)14-19(12-13-19)18-6-4-3-5-7-18;;;;;;;;/h4-6,8-13,17H,3,7,14-16H2,1-2H3;3-11,16H,12-14H2,1-2H3;8*1H4. The Morgan fingerprint density at radius 2 is 0.812 bits per heavy atom. The fraction of sp³-hybridized carbons (Fsp3) is 0.500. The van der Waals surface area contributed by atoms with Gasteiger partial charge in [-0.25, -0.2) is 0 Å². The molecule has 2 saturated carbocycles. The molecule has 0 aliphatic heterocycles. The Balaban J connectivity index is -0.000000347. The lowest BCUT2D eigenvalue weighted by Crippen LogP contribution is -2.10. The fourth-order valence-corrected chi connectivity index (χ4v) is 6.71. The van der Waals surface area contributed by atoms with Crippen molar-refractivity contribution < 1.29 is 0 Å². The molecule has 0 saturated heterocycles. The van der Waals surface area contributed by atoms with Gasteiger partial charge in [0.25, 0.3) is 0 Å². The summed E-state index contributed by atoms with van der Waals surface area (Å²) >= 11 is 0. The van der Waals surface area contributed by atoms with Crippen LogP contribution in [0.2, 0.25) is 0 Å². The molecule has 0 bridgehead atoms. The van der Waals surface area contributed by atoms with Crippen LogP contribution in [-0.2, 0) is 17.3 Å². The van der Waals surface area contributed by atoms with E-state index in [0.717, 1.165) is 0 Å². The van der Waals surface area contributed by atoms with Gasteiger partial charge in [0.2, 0.25) is 0 Å². The van der Waals surface area contributed by atoms with Gasteiger partial charge in [-0.3, -0.25) is 0 Å². The predicted octanol–water partition coefficient (Wildman–Crippen LogP) is 16.2. The average molecular weight is 657 g/mol. The smallest absolute Gasteiger partial charge is 0.00406 e. The highest BCUT2D eigenvalue weighted by atomic mass is 14.5. The van der Waals surface area contributed by atoms with Crippen LogP contribution >= 0.6 is 0 Å². The highest BCUT2D eigenvalue weighted by Gasteiger charge is 2.45. The summed E-state index contributed by atoms with van der Waals surface area (Å²) < 4.78 is 0. The Hall–Kier alpha value is -3.12. The topological polar surface area (TPSA) is 0 Å². The van der Waals surface area contributed by atoms with E-state index in [1.165, 1.54) is 79.2 Å². The van der Waals surface area contributed by atoms with Crippen molar-refractivity contribution in [2.45, 2.75) is 161 Å². The van der Waals surface area contributed by atoms with Gasteiger partial charge >= 0.3 is 0 Å². The van der Waals surface area contributed by atoms with Crippen molar-refractivity contribution in [1.82, 2.24) is 0 Å². The van der Waals surface area contributed by atoms with Gasteiger partial charge < -0.3 is 0 Å². The molecular weight excluding hydrogens is 577 g/mol. The van der Waals surface area contributed by atoms with Crippen molar-refractivity contribution >= 4 is 0 Å². The normalized spacial score (nSPS) is 14.8. The molecule has 272 valence electrons. The van der Waals surface area contributed by atoms with Crippen molar-refractivity contribution in [2.75, 3.05) is 0 Å². The minimum atomic E-state index is 0. The van der Waals surface area contributed by atoms with Gasteiger partial charge in [-0.1, -0.05) is 201 Å². The number of hydrogen-bond acceptors (Lipinski definition) is 0. The highest BCUT2D eigenvalue weighted by Crippen LogP contribution is 2.54. The van der Waals surface area contributed by atoms with Gasteiger partial charge in [-0.05, 0) is 102 Å². The molecule has 0 amide bonds. The molecule has 0 nitrogen and oxygen atoms in total. The summed E-state index contributed by atoms with van der Waals surface area (Å²) in [6.45, 7) is 9.15. The molecule has 0 radical (unpaired) electrons. The van der Waals surface area contributed by atoms with Crippen molar-refractivity contribution in [3.63, 3.8) is 0 Å². The van der Waals surface area contributed by atoms with E-state index in [1.54, 1.807) is 5.56 Å². The van der Waals surface area contributed by atoms with Gasteiger partial charge in [0.05, 0.1) is 0 Å². The summed E-state index contributed by atoms with van der Waals surface area (Å²) in [4.78, 5) is 0. The molecule has 4 aromatic rings. The maximum Gasteiger partial charge on any atom is -0.00406 e. The van der Waals surface area contributed by atoms with Crippen LogP contribution in [0.3, 0.4) is 0 Å². The van der Waals surface area contributed by atoms with Crippen molar-refractivity contribution in [1.29, 1.82) is 0 Å². The molecule has 2 aliphatic rings. The zero-order valence-electron chi connectivity index (χ0n) is 25.2. The van der Waals surface area contributed by atoms with Gasteiger partial charge in [0.1, 0.15) is 0 Å². The van der Waals surface area contributed by atoms with Gasteiger partial charge in [-0.15, -0.1) is 0 Å². The summed E-state index contributed by atoms with van der Waals surface area (Å²) in [6, 6.07) is 40.5. The average Bonchev–Trinajstić information content (AvgIpc) is 3.93. The third kappa shape index (κ3) is 13.1. The summed E-state index contributed by atoms with van der Waals surface area (Å²) in [6.07, 6.45) is 10.4. The van der Waals surface area contributed by atoms with Crippen LogP contribution in [0.1, 0.15) is 170 Å². The number of rotatable bonds is 10. The Kier molecular flexibility index (Phi) is 25.1. The second kappa shape index (κ2) is 23.3. The molecular formula is C48H80. The Labute approximate surface area is 302 Å². The van der Waals surface area contributed by atoms with Crippen LogP contribution in [0.4, 0.5) is 0 Å². The van der Waals surface area contributed by atoms with Crippen LogP contribution in [0.25, 0.3) is 0 Å². The molecule has 2 aliphatic carbocycles. The molecule has 6 rings (SSSR count). The minimum Gasteiger partial charge on any atom is -0.0776 e. The van der Waals surface area contributed by atoms with Crippen molar-refractivity contribution in [3.05, 3.63) is 143 Å². The van der Waals surface area contributed by atoms with E-state index >= 15 is 0 Å². The third-order valence-corrected chi connectivity index (χ3v) is 9.61. The summed E-state index contributed by atoms with van der Waals surface area (Å²) in [7, 11) is 0. The van der Waals surface area contributed by atoms with E-state index in [-0.39, 0.29) is 59.4 Å². The molecule has 2 fully saturated rings. The lowest BCUT2D eigenvalue weighted by molar-refractivity contribution is 0.547. The van der Waals surface area contributed by atoms with Gasteiger partial charge in [-0.2, -0.15) is 0 Å². The third-order valence-electron chi connectivity index (χ3n) is 9.61. The van der Waals surface area contributed by atoms with Gasteiger partial charge in [0, 0.05) is 0 Å². The quantitative estimate of drug-likeness (QED) is 0.159. The Morgan fingerprint density at radius 3 is 1.12 bits per heavy atom. The predicted molar refractivity (Wildman–Crippen MR) is 226 cm³/mol. The maximum absolute atomic E-state index is 2.39. The molecule has 0 heterocycles. The second-order valence-electron chi connectivity index (χ2n) is 12.9. The van der Waals surface area contributed by atoms with Crippen molar-refractivity contribution in [3.8, 4) is 0 Å². The van der Waals surface area contributed by atoms with E-state index in [0.29, 0.717) is 22.7 Å². The van der Waals surface area contributed by atoms with E-state index < -0.39 is 0 Å². The lowest BCUT2D eigenvalue weighted by Gasteiger charge is -2.21. The maximum atomic E-state index is 2.39. The molecule has 0 N–H and O–H groups in total. The van der Waals surface area contributed by atoms with Crippen molar-refractivity contribution in [2.24, 2.45) is 0 Å². The van der Waals surface area contributed by atoms with Crippen LogP contribution < -0.4 is 0 Å². The first kappa shape index (κ1) is 51.7. The summed E-state index contributed by atoms with van der Waals surface area (Å²) in [5.74, 6) is 1.28. The van der Waals surface area contributed by atoms with E-state index in [1.807, 2.05) is 0 Å². The van der Waals surface area contributed by atoms with E-state index in [4.69, 9.17) is 0 Å². The van der Waals surface area contributed by atoms with Crippen LogP contribution in [0.5, 0.6) is 0 Å². The van der Waals surface area contributed by atoms with Gasteiger partial charge in [0.15, 0.2) is 0 Å². The number of hydrogen-bond donors (Lipinski definition) is 0. The first-order valence-corrected chi connectivity index (χ1v) is 15.7. The molecule has 2 atom stereocenters. The van der Waals surface area contributed by atoms with E-state index in [9.17, 15) is 0 Å². The summed E-state index contributed by atoms with van der Waals surface area (Å²) in [5.41, 5.74) is 9.80. The first-order valence-electron chi connectivity index (χ1n) is 15.7. The molecule has 0 aromatic heterocycles. The Morgan fingerprint density at radius 1 is 0.479 bits per heavy atom. The SMILES string of the molecule is C.C.C.C.C.C.C.C.CCCc1ccc(C(C)CC2(c3ccccc3)CC2)cc1.Cc1ccc(C(C)CC2(c3ccccc3)CC2)cc1. The number of aryl methyl sites for hydroxylation is 2. The largest absolute Gasteiger partial charge is 0.0776 e. The van der Waals surface area contributed by atoms with E-state index in [2.05, 4.69) is 137 Å². The molecule has 0 heteroatoms. The monoisotopic (exact) mass is 657 g/mol. The molecule has 48 heavy (non-hydrogen) atoms. The minimum absolute atomic E-state index is 0. The molecule has 0 spiro atoms. The fourth-order valence-electron chi connectivity index (χ4n) is 6.71. The van der Waals surface area contributed by atoms with Crippen LogP contribution in [0.15, 0.2) is 109 Å². The lowest BCUT2D eigenvalue weighted by atomic mass is 9.83. The molecule has 2 unspecified atom stereocenters.